The van der Waals surface area contributed by atoms with Gasteiger partial charge in [-0.15, -0.1) is 0 Å². The summed E-state index contributed by atoms with van der Waals surface area (Å²) in [7, 11) is 1.55. The number of ether oxygens (including phenoxy) is 1. The second kappa shape index (κ2) is 6.14. The van der Waals surface area contributed by atoms with Gasteiger partial charge in [0, 0.05) is 16.8 Å². The van der Waals surface area contributed by atoms with E-state index >= 15 is 0 Å². The molecule has 104 valence electrons. The predicted molar refractivity (Wildman–Crippen MR) is 72.3 cm³/mol. The summed E-state index contributed by atoms with van der Waals surface area (Å²) < 4.78 is 30.2. The fraction of sp³-hybridized carbons (Fsp3) is 0.133. The third-order valence-electron chi connectivity index (χ3n) is 2.75. The highest BCUT2D eigenvalue weighted by molar-refractivity contribution is 6.04. The molecule has 0 radical (unpaired) electrons. The summed E-state index contributed by atoms with van der Waals surface area (Å²) in [5, 5.41) is 2.64. The topological polar surface area (TPSA) is 38.3 Å². The predicted octanol–water partition coefficient (Wildman–Crippen LogP) is 3.89. The Morgan fingerprint density at radius 1 is 1.15 bits per heavy atom. The smallest absolute Gasteiger partial charge is 0.263 e. The zero-order chi connectivity index (χ0) is 14.5. The highest BCUT2D eigenvalue weighted by atomic mass is 19.3. The van der Waals surface area contributed by atoms with Crippen molar-refractivity contribution < 1.29 is 18.3 Å². The number of carbonyl (C=O) groups is 1. The van der Waals surface area contributed by atoms with Crippen molar-refractivity contribution in [2.75, 3.05) is 12.4 Å². The van der Waals surface area contributed by atoms with Crippen LogP contribution < -0.4 is 10.1 Å². The first kappa shape index (κ1) is 14.0. The molecule has 1 N–H and O–H groups in total. The van der Waals surface area contributed by atoms with Gasteiger partial charge in [0.15, 0.2) is 0 Å². The highest BCUT2D eigenvalue weighted by Gasteiger charge is 2.11. The molecule has 0 saturated heterocycles. The molecule has 3 nitrogen and oxygen atoms in total. The van der Waals surface area contributed by atoms with E-state index in [1.165, 1.54) is 24.3 Å². The van der Waals surface area contributed by atoms with Crippen molar-refractivity contribution >= 4 is 11.6 Å². The number of anilines is 1. The van der Waals surface area contributed by atoms with E-state index in [1.807, 2.05) is 0 Å². The molecule has 0 heterocycles. The number of nitrogens with one attached hydrogen (secondary N) is 1. The fourth-order valence-electron chi connectivity index (χ4n) is 1.69. The van der Waals surface area contributed by atoms with E-state index < -0.39 is 12.3 Å². The van der Waals surface area contributed by atoms with Crippen LogP contribution in [0.3, 0.4) is 0 Å². The van der Waals surface area contributed by atoms with E-state index in [1.54, 1.807) is 31.4 Å². The second-order valence-corrected chi connectivity index (χ2v) is 4.11. The van der Waals surface area contributed by atoms with Gasteiger partial charge in [-0.25, -0.2) is 8.78 Å². The van der Waals surface area contributed by atoms with E-state index in [-0.39, 0.29) is 11.1 Å². The Kier molecular flexibility index (Phi) is 4.30. The number of hydrogen-bond donors (Lipinski definition) is 1. The lowest BCUT2D eigenvalue weighted by atomic mass is 10.1. The van der Waals surface area contributed by atoms with Crippen LogP contribution >= 0.6 is 0 Å². The van der Waals surface area contributed by atoms with Crippen LogP contribution in [0.1, 0.15) is 22.3 Å². The molecule has 0 aliphatic rings. The number of methoxy groups -OCH3 is 1. The molecule has 0 aromatic heterocycles. The molecular formula is C15H13F2NO2. The van der Waals surface area contributed by atoms with Gasteiger partial charge in [0.25, 0.3) is 12.3 Å². The molecule has 5 heteroatoms. The van der Waals surface area contributed by atoms with Crippen LogP contribution in [-0.2, 0) is 0 Å². The molecule has 1 amide bonds. The van der Waals surface area contributed by atoms with E-state index in [0.717, 1.165) is 0 Å². The van der Waals surface area contributed by atoms with Crippen molar-refractivity contribution in [3.63, 3.8) is 0 Å². The first-order valence-electron chi connectivity index (χ1n) is 5.93. The molecule has 0 spiro atoms. The second-order valence-electron chi connectivity index (χ2n) is 4.11. The van der Waals surface area contributed by atoms with Gasteiger partial charge in [-0.1, -0.05) is 12.1 Å². The Hall–Kier alpha value is -2.43. The van der Waals surface area contributed by atoms with Crippen LogP contribution in [0.2, 0.25) is 0 Å². The lowest BCUT2D eigenvalue weighted by Crippen LogP contribution is -2.12. The lowest BCUT2D eigenvalue weighted by molar-refractivity contribution is 0.102. The van der Waals surface area contributed by atoms with Gasteiger partial charge in [0.05, 0.1) is 7.11 Å². The summed E-state index contributed by atoms with van der Waals surface area (Å²) in [6.07, 6.45) is -2.59. The summed E-state index contributed by atoms with van der Waals surface area (Å²) in [6.45, 7) is 0. The van der Waals surface area contributed by atoms with E-state index in [4.69, 9.17) is 4.74 Å². The first-order valence-corrected chi connectivity index (χ1v) is 5.93. The van der Waals surface area contributed by atoms with Crippen molar-refractivity contribution in [1.82, 2.24) is 0 Å². The zero-order valence-corrected chi connectivity index (χ0v) is 10.8. The molecule has 0 aliphatic heterocycles. The van der Waals surface area contributed by atoms with Gasteiger partial charge in [-0.3, -0.25) is 4.79 Å². The number of halogens is 2. The van der Waals surface area contributed by atoms with E-state index in [9.17, 15) is 13.6 Å². The summed E-state index contributed by atoms with van der Waals surface area (Å²) in [4.78, 5) is 12.0. The molecule has 2 aromatic carbocycles. The molecule has 0 aliphatic carbocycles. The maximum Gasteiger partial charge on any atom is 0.263 e. The summed E-state index contributed by atoms with van der Waals surface area (Å²) in [5.41, 5.74) is 0.587. The molecule has 0 unspecified atom stereocenters. The first-order chi connectivity index (χ1) is 9.60. The Morgan fingerprint density at radius 2 is 1.85 bits per heavy atom. The van der Waals surface area contributed by atoms with Gasteiger partial charge < -0.3 is 10.1 Å². The van der Waals surface area contributed by atoms with Gasteiger partial charge in [-0.2, -0.15) is 0 Å². The Morgan fingerprint density at radius 3 is 2.45 bits per heavy atom. The molecule has 20 heavy (non-hydrogen) atoms. The molecule has 0 fully saturated rings. The highest BCUT2D eigenvalue weighted by Crippen LogP contribution is 2.20. The van der Waals surface area contributed by atoms with Crippen molar-refractivity contribution in [3.05, 3.63) is 59.7 Å². The number of rotatable bonds is 4. The quantitative estimate of drug-likeness (QED) is 0.920. The van der Waals surface area contributed by atoms with Crippen LogP contribution in [0.15, 0.2) is 48.5 Å². The normalized spacial score (nSPS) is 10.4. The number of hydrogen-bond acceptors (Lipinski definition) is 2. The number of alkyl halides is 2. The third-order valence-corrected chi connectivity index (χ3v) is 2.75. The largest absolute Gasteiger partial charge is 0.497 e. The number of amides is 1. The maximum absolute atomic E-state index is 12.6. The maximum atomic E-state index is 12.6. The van der Waals surface area contributed by atoms with Gasteiger partial charge in [0.1, 0.15) is 5.75 Å². The Balaban J connectivity index is 2.12. The minimum absolute atomic E-state index is 0.174. The van der Waals surface area contributed by atoms with Crippen LogP contribution in [-0.4, -0.2) is 13.0 Å². The van der Waals surface area contributed by atoms with Crippen LogP contribution in [0.4, 0.5) is 14.5 Å². The standard InChI is InChI=1S/C15H13F2NO2/c1-20-13-7-5-12(6-8-13)18-15(19)11-4-2-3-10(9-11)14(16)17/h2-9,14H,1H3,(H,18,19). The van der Waals surface area contributed by atoms with Gasteiger partial charge in [-0.05, 0) is 36.4 Å². The molecule has 0 saturated carbocycles. The van der Waals surface area contributed by atoms with E-state index in [2.05, 4.69) is 5.32 Å². The van der Waals surface area contributed by atoms with Gasteiger partial charge >= 0.3 is 0 Å². The number of benzene rings is 2. The Bertz CT molecular complexity index is 597. The Labute approximate surface area is 115 Å². The van der Waals surface area contributed by atoms with Crippen LogP contribution in [0.5, 0.6) is 5.75 Å². The van der Waals surface area contributed by atoms with Crippen molar-refractivity contribution in [2.45, 2.75) is 6.43 Å². The van der Waals surface area contributed by atoms with Crippen molar-refractivity contribution in [3.8, 4) is 5.75 Å². The lowest BCUT2D eigenvalue weighted by Gasteiger charge is -2.07. The van der Waals surface area contributed by atoms with Crippen LogP contribution in [0, 0.1) is 0 Å². The summed E-state index contributed by atoms with van der Waals surface area (Å²) in [5.74, 6) is 0.236. The van der Waals surface area contributed by atoms with Crippen molar-refractivity contribution in [1.29, 1.82) is 0 Å². The van der Waals surface area contributed by atoms with Gasteiger partial charge in [0.2, 0.25) is 0 Å². The number of carbonyl (C=O) groups excluding carboxylic acids is 1. The minimum atomic E-state index is -2.59. The SMILES string of the molecule is COc1ccc(NC(=O)c2cccc(C(F)F)c2)cc1. The molecule has 2 rings (SSSR count). The molecule has 0 atom stereocenters. The third kappa shape index (κ3) is 3.32. The summed E-state index contributed by atoms with van der Waals surface area (Å²) in [6, 6.07) is 12.1. The van der Waals surface area contributed by atoms with E-state index in [0.29, 0.717) is 11.4 Å². The minimum Gasteiger partial charge on any atom is -0.497 e. The van der Waals surface area contributed by atoms with Crippen LogP contribution in [0.25, 0.3) is 0 Å². The molecule has 0 bridgehead atoms. The fourth-order valence-corrected chi connectivity index (χ4v) is 1.69. The summed E-state index contributed by atoms with van der Waals surface area (Å²) >= 11 is 0. The molecule has 2 aromatic rings. The average molecular weight is 277 g/mol. The molecular weight excluding hydrogens is 264 g/mol. The monoisotopic (exact) mass is 277 g/mol. The zero-order valence-electron chi connectivity index (χ0n) is 10.8. The average Bonchev–Trinajstić information content (AvgIpc) is 2.48. The van der Waals surface area contributed by atoms with Crippen molar-refractivity contribution in [2.24, 2.45) is 0 Å².